The molecule has 64 heavy (non-hydrogen) atoms. The molecule has 0 unspecified atom stereocenters. The maximum Gasteiger partial charge on any atom is 0.333 e. The highest BCUT2D eigenvalue weighted by atomic mass is 32.1. The molecule has 2 aliphatic heterocycles. The highest BCUT2D eigenvalue weighted by molar-refractivity contribution is 7.27. The molecule has 0 radical (unpaired) electrons. The van der Waals surface area contributed by atoms with Crippen LogP contribution in [0.15, 0.2) is 140 Å². The molecule has 0 fully saturated rings. The number of hydrogen-bond donors (Lipinski definition) is 0. The number of thiophene rings is 2. The monoisotopic (exact) mass is 858 g/mol. The minimum absolute atomic E-state index is 0.00641. The van der Waals surface area contributed by atoms with E-state index in [1.54, 1.807) is 0 Å². The third kappa shape index (κ3) is 4.66. The predicted molar refractivity (Wildman–Crippen MR) is 281 cm³/mol. The maximum atomic E-state index is 2.74. The summed E-state index contributed by atoms with van der Waals surface area (Å²) in [4.78, 5) is 2.74. The Bertz CT molecular complexity index is 3900. The Labute approximate surface area is 382 Å². The summed E-state index contributed by atoms with van der Waals surface area (Å²) in [6, 6.07) is 54.6. The van der Waals surface area contributed by atoms with E-state index in [0.29, 0.717) is 0 Å². The quantitative estimate of drug-likeness (QED) is 0.149. The van der Waals surface area contributed by atoms with Crippen LogP contribution < -0.4 is 15.7 Å². The number of anilines is 2. The van der Waals surface area contributed by atoms with Crippen LogP contribution in [0.1, 0.15) is 77.6 Å². The summed E-state index contributed by atoms with van der Waals surface area (Å²) in [5, 5.41) is 8.15. The Hall–Kier alpha value is -6.14. The Morgan fingerprint density at radius 3 is 1.97 bits per heavy atom. The van der Waals surface area contributed by atoms with E-state index in [1.807, 2.05) is 22.7 Å². The van der Waals surface area contributed by atoms with Gasteiger partial charge in [0, 0.05) is 84.7 Å². The molecule has 0 amide bonds. The van der Waals surface area contributed by atoms with Gasteiger partial charge in [0.15, 0.2) is 0 Å². The molecule has 0 N–H and O–H groups in total. The van der Waals surface area contributed by atoms with Gasteiger partial charge in [0.05, 0.1) is 11.0 Å². The van der Waals surface area contributed by atoms with Gasteiger partial charge in [-0.3, -0.25) is 0 Å². The molecular formula is C59H47BN2S2. The molecule has 5 heteroatoms. The van der Waals surface area contributed by atoms with Crippen molar-refractivity contribution >= 4 is 114 Å². The van der Waals surface area contributed by atoms with Crippen LogP contribution in [-0.4, -0.2) is 11.4 Å². The van der Waals surface area contributed by atoms with E-state index in [-0.39, 0.29) is 23.1 Å². The van der Waals surface area contributed by atoms with Crippen molar-refractivity contribution in [2.45, 2.75) is 71.6 Å². The minimum Gasteiger partial charge on any atom is -0.376 e. The molecular weight excluding hydrogens is 812 g/mol. The highest BCUT2D eigenvalue weighted by Crippen LogP contribution is 2.56. The molecule has 2 nitrogen and oxygen atoms in total. The standard InChI is InChI=1S/C59H47BN2S2/c1-57(2,3)32-21-24-34(25-22-32)62-46-31-50-39(36-16-10-13-19-48(36)63-50)28-41(46)53-54-55-51(52-37-17-11-14-20-49(37)64-56(52)53)40-27-33(58(4,5)6)23-26-45(40)61(55)47-30-43-38(29-44(47)60(54)62)35-15-9-12-18-42(35)59(43,7)8/h9-31H,1-8H3. The molecule has 11 aromatic rings. The molecule has 0 atom stereocenters. The number of fused-ring (bicyclic) bond motifs is 19. The summed E-state index contributed by atoms with van der Waals surface area (Å²) in [5.41, 5.74) is 20.1. The first-order valence-electron chi connectivity index (χ1n) is 22.9. The van der Waals surface area contributed by atoms with Crippen molar-refractivity contribution in [2.24, 2.45) is 0 Å². The fourth-order valence-electron chi connectivity index (χ4n) is 12.1. The molecule has 5 heterocycles. The van der Waals surface area contributed by atoms with E-state index >= 15 is 0 Å². The average Bonchev–Trinajstić information content (AvgIpc) is 4.00. The zero-order valence-corrected chi connectivity index (χ0v) is 39.2. The van der Waals surface area contributed by atoms with Crippen LogP contribution in [0.2, 0.25) is 0 Å². The van der Waals surface area contributed by atoms with Crippen LogP contribution in [0.3, 0.4) is 0 Å². The largest absolute Gasteiger partial charge is 0.376 e. The molecule has 3 aromatic heterocycles. The maximum absolute atomic E-state index is 2.74. The molecule has 8 aromatic carbocycles. The Morgan fingerprint density at radius 1 is 0.516 bits per heavy atom. The van der Waals surface area contributed by atoms with Gasteiger partial charge in [0.2, 0.25) is 0 Å². The van der Waals surface area contributed by atoms with Crippen LogP contribution in [0.5, 0.6) is 0 Å². The van der Waals surface area contributed by atoms with Crippen LogP contribution in [0.4, 0.5) is 11.4 Å². The third-order valence-electron chi connectivity index (χ3n) is 15.3. The molecule has 3 aliphatic rings. The van der Waals surface area contributed by atoms with Gasteiger partial charge in [-0.05, 0) is 110 Å². The van der Waals surface area contributed by atoms with Crippen molar-refractivity contribution < 1.29 is 0 Å². The molecule has 0 spiro atoms. The van der Waals surface area contributed by atoms with E-state index in [1.165, 1.54) is 135 Å². The molecule has 0 bridgehead atoms. The first-order valence-corrected chi connectivity index (χ1v) is 24.5. The average molecular weight is 859 g/mol. The lowest BCUT2D eigenvalue weighted by Crippen LogP contribution is -2.60. The van der Waals surface area contributed by atoms with Gasteiger partial charge >= 0.3 is 6.85 Å². The topological polar surface area (TPSA) is 8.17 Å². The van der Waals surface area contributed by atoms with Gasteiger partial charge in [0.25, 0.3) is 0 Å². The second kappa shape index (κ2) is 12.1. The van der Waals surface area contributed by atoms with E-state index in [2.05, 4.69) is 204 Å². The first-order chi connectivity index (χ1) is 30.8. The van der Waals surface area contributed by atoms with Gasteiger partial charge in [-0.25, -0.2) is 0 Å². The van der Waals surface area contributed by atoms with Crippen molar-refractivity contribution in [3.8, 4) is 27.9 Å². The van der Waals surface area contributed by atoms with Gasteiger partial charge in [-0.1, -0.05) is 140 Å². The fourth-order valence-corrected chi connectivity index (χ4v) is 14.5. The van der Waals surface area contributed by atoms with Crippen molar-refractivity contribution in [3.05, 3.63) is 162 Å². The molecule has 308 valence electrons. The van der Waals surface area contributed by atoms with Gasteiger partial charge < -0.3 is 9.38 Å². The normalized spacial score (nSPS) is 14.9. The smallest absolute Gasteiger partial charge is 0.333 e. The van der Waals surface area contributed by atoms with Crippen molar-refractivity contribution in [2.75, 3.05) is 4.81 Å². The predicted octanol–water partition coefficient (Wildman–Crippen LogP) is 15.7. The van der Waals surface area contributed by atoms with E-state index in [9.17, 15) is 0 Å². The summed E-state index contributed by atoms with van der Waals surface area (Å²) in [6.45, 7) is 18.8. The number of hydrogen-bond acceptors (Lipinski definition) is 3. The highest BCUT2D eigenvalue weighted by Gasteiger charge is 2.48. The van der Waals surface area contributed by atoms with Crippen LogP contribution in [0.25, 0.3) is 90.1 Å². The van der Waals surface area contributed by atoms with Gasteiger partial charge in [-0.15, -0.1) is 22.7 Å². The van der Waals surface area contributed by atoms with Crippen molar-refractivity contribution in [1.82, 2.24) is 4.57 Å². The van der Waals surface area contributed by atoms with Crippen LogP contribution in [0, 0.1) is 0 Å². The summed E-state index contributed by atoms with van der Waals surface area (Å²) < 4.78 is 8.11. The summed E-state index contributed by atoms with van der Waals surface area (Å²) in [6.07, 6.45) is 0. The third-order valence-corrected chi connectivity index (χ3v) is 17.6. The van der Waals surface area contributed by atoms with E-state index < -0.39 is 0 Å². The van der Waals surface area contributed by atoms with Crippen LogP contribution >= 0.6 is 22.7 Å². The number of benzene rings is 8. The van der Waals surface area contributed by atoms with E-state index in [4.69, 9.17) is 0 Å². The van der Waals surface area contributed by atoms with Crippen LogP contribution in [-0.2, 0) is 16.2 Å². The SMILES string of the molecule is CC(C)(C)c1ccc(N2B3c4cc5c(cc4-n4c6ccc(C(C)(C)C)cc6c6c7c(sc8ccccc87)c(c3c64)-c3cc4c(cc32)sc2ccccc24)C(C)(C)c2ccccc2-5)cc1. The van der Waals surface area contributed by atoms with E-state index in [0.717, 1.165) is 0 Å². The second-order valence-corrected chi connectivity index (χ2v) is 23.4. The Kier molecular flexibility index (Phi) is 7.07. The Morgan fingerprint density at radius 2 is 1.20 bits per heavy atom. The second-order valence-electron chi connectivity index (χ2n) is 21.3. The van der Waals surface area contributed by atoms with Crippen molar-refractivity contribution in [3.63, 3.8) is 0 Å². The van der Waals surface area contributed by atoms with Crippen molar-refractivity contribution in [1.29, 1.82) is 0 Å². The van der Waals surface area contributed by atoms with Gasteiger partial charge in [0.1, 0.15) is 0 Å². The zero-order valence-electron chi connectivity index (χ0n) is 37.6. The summed E-state index contributed by atoms with van der Waals surface area (Å²) in [7, 11) is 0. The molecule has 14 rings (SSSR count). The zero-order chi connectivity index (χ0) is 43.3. The fraction of sp³-hybridized carbons (Fsp3) is 0.186. The number of aromatic nitrogens is 1. The molecule has 0 saturated heterocycles. The minimum atomic E-state index is -0.143. The lowest BCUT2D eigenvalue weighted by Gasteiger charge is -2.42. The van der Waals surface area contributed by atoms with Gasteiger partial charge in [-0.2, -0.15) is 0 Å². The molecule has 0 saturated carbocycles. The summed E-state index contributed by atoms with van der Waals surface area (Å²) in [5.74, 6) is 0. The lowest BCUT2D eigenvalue weighted by molar-refractivity contribution is 0.590. The molecule has 1 aliphatic carbocycles. The summed E-state index contributed by atoms with van der Waals surface area (Å²) >= 11 is 3.91. The number of nitrogens with zero attached hydrogens (tertiary/aromatic N) is 2. The lowest BCUT2D eigenvalue weighted by atomic mass is 9.43. The first kappa shape index (κ1) is 37.3. The Balaban J connectivity index is 1.23. The number of rotatable bonds is 1.